The van der Waals surface area contributed by atoms with Crippen molar-refractivity contribution in [2.75, 3.05) is 24.7 Å². The molecule has 2 aromatic carbocycles. The van der Waals surface area contributed by atoms with Gasteiger partial charge in [-0.25, -0.2) is 0 Å². The number of H-pyrrole nitrogens is 1. The number of nitrogens with one attached hydrogen (secondary N) is 1. The molecule has 1 aliphatic rings. The maximum atomic E-state index is 13.0. The number of benzene rings is 2. The molecule has 6 heteroatoms. The van der Waals surface area contributed by atoms with Crippen molar-refractivity contribution >= 4 is 11.6 Å². The van der Waals surface area contributed by atoms with Crippen LogP contribution in [0.15, 0.2) is 48.8 Å². The Balaban J connectivity index is 1.43. The van der Waals surface area contributed by atoms with Gasteiger partial charge in [0.1, 0.15) is 5.75 Å². The van der Waals surface area contributed by atoms with Gasteiger partial charge in [0.05, 0.1) is 25.1 Å². The Kier molecular flexibility index (Phi) is 6.02. The molecule has 0 aliphatic carbocycles. The van der Waals surface area contributed by atoms with Gasteiger partial charge >= 0.3 is 0 Å². The average molecular weight is 405 g/mol. The second-order valence-electron chi connectivity index (χ2n) is 7.54. The van der Waals surface area contributed by atoms with E-state index in [1.54, 1.807) is 6.20 Å². The number of ether oxygens (including phenoxy) is 2. The van der Waals surface area contributed by atoms with Crippen molar-refractivity contribution in [3.8, 4) is 22.6 Å². The number of para-hydroxylation sites is 1. The lowest BCUT2D eigenvalue weighted by molar-refractivity contribution is -0.118. The normalized spacial score (nSPS) is 13.3. The molecule has 1 N–H and O–H groups in total. The van der Waals surface area contributed by atoms with E-state index in [9.17, 15) is 4.79 Å². The summed E-state index contributed by atoms with van der Waals surface area (Å²) in [5.74, 6) is 1.73. The van der Waals surface area contributed by atoms with E-state index in [-0.39, 0.29) is 5.91 Å². The van der Waals surface area contributed by atoms with Gasteiger partial charge in [-0.3, -0.25) is 9.89 Å². The molecule has 4 rings (SSSR count). The van der Waals surface area contributed by atoms with Crippen LogP contribution in [0.4, 0.5) is 5.69 Å². The number of carbonyl (C=O) groups is 1. The van der Waals surface area contributed by atoms with Gasteiger partial charge in [-0.15, -0.1) is 0 Å². The summed E-state index contributed by atoms with van der Waals surface area (Å²) in [7, 11) is 0. The zero-order valence-electron chi connectivity index (χ0n) is 17.5. The number of hydrogen-bond acceptors (Lipinski definition) is 4. The summed E-state index contributed by atoms with van der Waals surface area (Å²) in [5.41, 5.74) is 5.07. The van der Waals surface area contributed by atoms with Crippen LogP contribution >= 0.6 is 0 Å². The molecule has 0 atom stereocenters. The molecule has 0 saturated carbocycles. The Hall–Kier alpha value is -3.28. The predicted octanol–water partition coefficient (Wildman–Crippen LogP) is 4.67. The third-order valence-electron chi connectivity index (χ3n) is 5.52. The number of anilines is 1. The number of amides is 1. The van der Waals surface area contributed by atoms with Gasteiger partial charge in [-0.2, -0.15) is 5.10 Å². The van der Waals surface area contributed by atoms with Crippen LogP contribution in [0.25, 0.3) is 11.1 Å². The van der Waals surface area contributed by atoms with Crippen LogP contribution in [0.2, 0.25) is 0 Å². The average Bonchev–Trinajstić information content (AvgIpc) is 3.20. The van der Waals surface area contributed by atoms with Gasteiger partial charge in [0.25, 0.3) is 0 Å². The lowest BCUT2D eigenvalue weighted by Gasteiger charge is -2.23. The van der Waals surface area contributed by atoms with Crippen molar-refractivity contribution in [1.29, 1.82) is 0 Å². The first-order valence-electron chi connectivity index (χ1n) is 10.4. The summed E-state index contributed by atoms with van der Waals surface area (Å²) in [4.78, 5) is 14.9. The van der Waals surface area contributed by atoms with Crippen LogP contribution in [0.5, 0.6) is 11.5 Å². The number of aromatic amines is 1. The monoisotopic (exact) mass is 405 g/mol. The fourth-order valence-corrected chi connectivity index (χ4v) is 3.71. The highest BCUT2D eigenvalue weighted by Crippen LogP contribution is 2.40. The summed E-state index contributed by atoms with van der Waals surface area (Å²) < 4.78 is 11.9. The van der Waals surface area contributed by atoms with E-state index in [0.29, 0.717) is 32.6 Å². The smallest absolute Gasteiger partial charge is 0.227 e. The molecule has 0 radical (unpaired) electrons. The van der Waals surface area contributed by atoms with Crippen molar-refractivity contribution in [3.63, 3.8) is 0 Å². The number of rotatable bonds is 6. The Bertz CT molecular complexity index is 1010. The number of nitrogens with zero attached hydrogens (tertiary/aromatic N) is 2. The van der Waals surface area contributed by atoms with Gasteiger partial charge in [-0.05, 0) is 49.9 Å². The lowest BCUT2D eigenvalue weighted by Crippen LogP contribution is -2.31. The number of aromatic nitrogens is 2. The number of aryl methyl sites for hydroxylation is 1. The summed E-state index contributed by atoms with van der Waals surface area (Å²) in [6.45, 7) is 5.88. The molecule has 3 aromatic rings. The Morgan fingerprint density at radius 3 is 2.93 bits per heavy atom. The maximum Gasteiger partial charge on any atom is 0.227 e. The quantitative estimate of drug-likeness (QED) is 0.605. The molecule has 30 heavy (non-hydrogen) atoms. The molecule has 0 unspecified atom stereocenters. The maximum absolute atomic E-state index is 13.0. The van der Waals surface area contributed by atoms with E-state index in [1.165, 1.54) is 5.56 Å². The van der Waals surface area contributed by atoms with Gasteiger partial charge in [-0.1, -0.05) is 24.3 Å². The summed E-state index contributed by atoms with van der Waals surface area (Å²) in [5, 5.41) is 6.88. The summed E-state index contributed by atoms with van der Waals surface area (Å²) in [6.07, 6.45) is 5.49. The van der Waals surface area contributed by atoms with Gasteiger partial charge < -0.3 is 14.4 Å². The van der Waals surface area contributed by atoms with E-state index in [2.05, 4.69) is 30.1 Å². The SMILES string of the molecule is Cc1cccc(OCCCC(=O)N2CCCOc3c(-c4cn[nH]c4)cccc32)c1C. The first-order valence-corrected chi connectivity index (χ1v) is 10.4. The van der Waals surface area contributed by atoms with Crippen molar-refractivity contribution in [2.24, 2.45) is 0 Å². The first kappa shape index (κ1) is 20.0. The molecule has 2 heterocycles. The zero-order valence-corrected chi connectivity index (χ0v) is 17.5. The number of fused-ring (bicyclic) bond motifs is 1. The third kappa shape index (κ3) is 4.17. The third-order valence-corrected chi connectivity index (χ3v) is 5.52. The minimum absolute atomic E-state index is 0.0932. The second kappa shape index (κ2) is 9.03. The van der Waals surface area contributed by atoms with Crippen molar-refractivity contribution in [2.45, 2.75) is 33.1 Å². The molecule has 0 fully saturated rings. The molecular weight excluding hydrogens is 378 g/mol. The zero-order chi connectivity index (χ0) is 20.9. The highest BCUT2D eigenvalue weighted by atomic mass is 16.5. The van der Waals surface area contributed by atoms with Crippen LogP contribution in [0.1, 0.15) is 30.4 Å². The van der Waals surface area contributed by atoms with E-state index < -0.39 is 0 Å². The molecule has 1 aliphatic heterocycles. The number of carbonyl (C=O) groups excluding carboxylic acids is 1. The van der Waals surface area contributed by atoms with E-state index in [1.807, 2.05) is 41.4 Å². The van der Waals surface area contributed by atoms with Gasteiger partial charge in [0.15, 0.2) is 5.75 Å². The topological polar surface area (TPSA) is 67.4 Å². The van der Waals surface area contributed by atoms with Crippen molar-refractivity contribution in [1.82, 2.24) is 10.2 Å². The van der Waals surface area contributed by atoms with Gasteiger partial charge in [0.2, 0.25) is 5.91 Å². The fraction of sp³-hybridized carbons (Fsp3) is 0.333. The van der Waals surface area contributed by atoms with Crippen LogP contribution < -0.4 is 14.4 Å². The summed E-state index contributed by atoms with van der Waals surface area (Å²) >= 11 is 0. The molecule has 0 saturated heterocycles. The minimum atomic E-state index is 0.0932. The second-order valence-corrected chi connectivity index (χ2v) is 7.54. The van der Waals surface area contributed by atoms with E-state index in [0.717, 1.165) is 40.3 Å². The fourth-order valence-electron chi connectivity index (χ4n) is 3.71. The highest BCUT2D eigenvalue weighted by Gasteiger charge is 2.24. The van der Waals surface area contributed by atoms with Crippen LogP contribution in [-0.2, 0) is 4.79 Å². The standard InChI is InChI=1S/C24H27N3O3/c1-17-7-3-10-22(18(17)2)29-13-5-11-23(28)27-12-6-14-30-24-20(8-4-9-21(24)27)19-15-25-26-16-19/h3-4,7-10,15-16H,5-6,11-14H2,1-2H3,(H,25,26). The van der Waals surface area contributed by atoms with E-state index >= 15 is 0 Å². The van der Waals surface area contributed by atoms with Crippen molar-refractivity contribution in [3.05, 3.63) is 59.9 Å². The van der Waals surface area contributed by atoms with Crippen LogP contribution in [0.3, 0.4) is 0 Å². The highest BCUT2D eigenvalue weighted by molar-refractivity contribution is 5.96. The Morgan fingerprint density at radius 2 is 2.10 bits per heavy atom. The van der Waals surface area contributed by atoms with Crippen molar-refractivity contribution < 1.29 is 14.3 Å². The molecule has 1 aromatic heterocycles. The van der Waals surface area contributed by atoms with Gasteiger partial charge in [0, 0.05) is 30.3 Å². The predicted molar refractivity (Wildman–Crippen MR) is 117 cm³/mol. The molecule has 0 spiro atoms. The molecular formula is C24H27N3O3. The van der Waals surface area contributed by atoms with E-state index in [4.69, 9.17) is 9.47 Å². The number of hydrogen-bond donors (Lipinski definition) is 1. The van der Waals surface area contributed by atoms with Crippen LogP contribution in [0, 0.1) is 13.8 Å². The summed E-state index contributed by atoms with van der Waals surface area (Å²) in [6, 6.07) is 11.9. The Labute approximate surface area is 176 Å². The minimum Gasteiger partial charge on any atom is -0.493 e. The molecule has 156 valence electrons. The Morgan fingerprint density at radius 1 is 1.23 bits per heavy atom. The molecule has 1 amide bonds. The molecule has 0 bridgehead atoms. The lowest BCUT2D eigenvalue weighted by atomic mass is 10.1. The molecule has 6 nitrogen and oxygen atoms in total. The largest absolute Gasteiger partial charge is 0.493 e. The first-order chi connectivity index (χ1) is 14.6. The van der Waals surface area contributed by atoms with Crippen LogP contribution in [-0.4, -0.2) is 35.9 Å².